The molecular formula is C19H18N2O2S. The number of rotatable bonds is 4. The SMILES string of the molecule is Cc1ccc(C)c(-c2nc(Nc3ccc(C(=O)O)cc3)sc2C)c1. The zero-order chi connectivity index (χ0) is 17.3. The maximum atomic E-state index is 10.9. The molecule has 0 aliphatic rings. The van der Waals surface area contributed by atoms with E-state index in [4.69, 9.17) is 10.1 Å². The minimum absolute atomic E-state index is 0.270. The maximum absolute atomic E-state index is 10.9. The van der Waals surface area contributed by atoms with Crippen LogP contribution in [0, 0.1) is 20.8 Å². The summed E-state index contributed by atoms with van der Waals surface area (Å²) in [5.41, 5.74) is 5.64. The molecule has 3 rings (SSSR count). The summed E-state index contributed by atoms with van der Waals surface area (Å²) < 4.78 is 0. The molecule has 0 saturated heterocycles. The lowest BCUT2D eigenvalue weighted by molar-refractivity contribution is 0.0697. The Hall–Kier alpha value is -2.66. The van der Waals surface area contributed by atoms with Gasteiger partial charge in [-0.05, 0) is 56.7 Å². The Bertz CT molecular complexity index is 898. The summed E-state index contributed by atoms with van der Waals surface area (Å²) in [6, 6.07) is 13.0. The van der Waals surface area contributed by atoms with E-state index in [1.807, 2.05) is 0 Å². The van der Waals surface area contributed by atoms with Gasteiger partial charge >= 0.3 is 5.97 Å². The Morgan fingerprint density at radius 2 is 1.79 bits per heavy atom. The van der Waals surface area contributed by atoms with Crippen LogP contribution in [0.25, 0.3) is 11.3 Å². The van der Waals surface area contributed by atoms with Crippen molar-refractivity contribution in [3.63, 3.8) is 0 Å². The Kier molecular flexibility index (Phi) is 4.36. The third-order valence-corrected chi connectivity index (χ3v) is 4.71. The fourth-order valence-corrected chi connectivity index (χ4v) is 3.36. The first-order chi connectivity index (χ1) is 11.4. The summed E-state index contributed by atoms with van der Waals surface area (Å²) >= 11 is 1.59. The van der Waals surface area contributed by atoms with Gasteiger partial charge in [0, 0.05) is 16.1 Å². The number of carbonyl (C=O) groups is 1. The Labute approximate surface area is 144 Å². The van der Waals surface area contributed by atoms with Gasteiger partial charge in [0.15, 0.2) is 5.13 Å². The second kappa shape index (κ2) is 6.45. The molecule has 4 nitrogen and oxygen atoms in total. The van der Waals surface area contributed by atoms with Crippen LogP contribution in [0.3, 0.4) is 0 Å². The molecule has 0 bridgehead atoms. The van der Waals surface area contributed by atoms with Gasteiger partial charge in [0.25, 0.3) is 0 Å². The number of hydrogen-bond acceptors (Lipinski definition) is 4. The maximum Gasteiger partial charge on any atom is 0.335 e. The third-order valence-electron chi connectivity index (χ3n) is 3.83. The number of aromatic carboxylic acids is 1. The number of thiazole rings is 1. The van der Waals surface area contributed by atoms with E-state index in [1.165, 1.54) is 11.1 Å². The molecule has 0 amide bonds. The zero-order valence-corrected chi connectivity index (χ0v) is 14.6. The normalized spacial score (nSPS) is 10.6. The van der Waals surface area contributed by atoms with Crippen molar-refractivity contribution < 1.29 is 9.90 Å². The van der Waals surface area contributed by atoms with Crippen molar-refractivity contribution in [3.05, 3.63) is 64.0 Å². The van der Waals surface area contributed by atoms with Crippen LogP contribution in [0.15, 0.2) is 42.5 Å². The number of carboxylic acids is 1. The van der Waals surface area contributed by atoms with Crippen molar-refractivity contribution >= 4 is 28.1 Å². The van der Waals surface area contributed by atoms with Crippen LogP contribution < -0.4 is 5.32 Å². The van der Waals surface area contributed by atoms with Crippen LogP contribution in [0.5, 0.6) is 0 Å². The van der Waals surface area contributed by atoms with Gasteiger partial charge in [-0.1, -0.05) is 17.7 Å². The van der Waals surface area contributed by atoms with Crippen LogP contribution in [-0.4, -0.2) is 16.1 Å². The van der Waals surface area contributed by atoms with E-state index in [-0.39, 0.29) is 5.56 Å². The van der Waals surface area contributed by atoms with Crippen LogP contribution in [-0.2, 0) is 0 Å². The number of nitrogens with zero attached hydrogens (tertiary/aromatic N) is 1. The number of carboxylic acid groups (broad SMARTS) is 1. The Morgan fingerprint density at radius 3 is 2.46 bits per heavy atom. The highest BCUT2D eigenvalue weighted by atomic mass is 32.1. The van der Waals surface area contributed by atoms with E-state index >= 15 is 0 Å². The fourth-order valence-electron chi connectivity index (χ4n) is 2.51. The molecule has 0 fully saturated rings. The molecular weight excluding hydrogens is 320 g/mol. The van der Waals surface area contributed by atoms with Gasteiger partial charge in [0.1, 0.15) is 0 Å². The van der Waals surface area contributed by atoms with E-state index in [1.54, 1.807) is 35.6 Å². The van der Waals surface area contributed by atoms with Crippen molar-refractivity contribution in [1.82, 2.24) is 4.98 Å². The highest BCUT2D eigenvalue weighted by Crippen LogP contribution is 2.34. The number of anilines is 2. The molecule has 2 aromatic carbocycles. The molecule has 5 heteroatoms. The molecule has 122 valence electrons. The molecule has 0 aliphatic carbocycles. The van der Waals surface area contributed by atoms with Crippen molar-refractivity contribution in [2.75, 3.05) is 5.32 Å². The topological polar surface area (TPSA) is 62.2 Å². The largest absolute Gasteiger partial charge is 0.478 e. The first-order valence-electron chi connectivity index (χ1n) is 7.59. The Morgan fingerprint density at radius 1 is 1.08 bits per heavy atom. The minimum Gasteiger partial charge on any atom is -0.478 e. The molecule has 0 atom stereocenters. The van der Waals surface area contributed by atoms with E-state index in [2.05, 4.69) is 44.3 Å². The van der Waals surface area contributed by atoms with E-state index in [9.17, 15) is 4.79 Å². The summed E-state index contributed by atoms with van der Waals surface area (Å²) in [5, 5.41) is 13.0. The van der Waals surface area contributed by atoms with Crippen molar-refractivity contribution in [1.29, 1.82) is 0 Å². The van der Waals surface area contributed by atoms with Gasteiger partial charge < -0.3 is 10.4 Å². The quantitative estimate of drug-likeness (QED) is 0.688. The molecule has 0 unspecified atom stereocenters. The number of aryl methyl sites for hydroxylation is 3. The third kappa shape index (κ3) is 3.31. The monoisotopic (exact) mass is 338 g/mol. The molecule has 3 aromatic rings. The number of aromatic nitrogens is 1. The van der Waals surface area contributed by atoms with Gasteiger partial charge in [-0.2, -0.15) is 0 Å². The summed E-state index contributed by atoms with van der Waals surface area (Å²) in [5.74, 6) is -0.927. The second-order valence-corrected chi connectivity index (χ2v) is 6.95. The average Bonchev–Trinajstić information content (AvgIpc) is 2.90. The predicted octanol–water partition coefficient (Wildman–Crippen LogP) is 5.18. The van der Waals surface area contributed by atoms with Crippen LogP contribution in [0.1, 0.15) is 26.4 Å². The minimum atomic E-state index is -0.927. The van der Waals surface area contributed by atoms with Gasteiger partial charge in [-0.15, -0.1) is 11.3 Å². The summed E-state index contributed by atoms with van der Waals surface area (Å²) in [6.07, 6.45) is 0. The highest BCUT2D eigenvalue weighted by molar-refractivity contribution is 7.16. The average molecular weight is 338 g/mol. The summed E-state index contributed by atoms with van der Waals surface area (Å²) in [7, 11) is 0. The molecule has 0 radical (unpaired) electrons. The van der Waals surface area contributed by atoms with E-state index in [0.717, 1.165) is 27.0 Å². The lowest BCUT2D eigenvalue weighted by atomic mass is 10.0. The fraction of sp³-hybridized carbons (Fsp3) is 0.158. The highest BCUT2D eigenvalue weighted by Gasteiger charge is 2.12. The van der Waals surface area contributed by atoms with Crippen molar-refractivity contribution in [2.24, 2.45) is 0 Å². The van der Waals surface area contributed by atoms with Crippen molar-refractivity contribution in [2.45, 2.75) is 20.8 Å². The molecule has 1 heterocycles. The Balaban J connectivity index is 1.89. The first-order valence-corrected chi connectivity index (χ1v) is 8.41. The first kappa shape index (κ1) is 16.2. The summed E-state index contributed by atoms with van der Waals surface area (Å²) in [4.78, 5) is 16.8. The standard InChI is InChI=1S/C19H18N2O2S/c1-11-4-5-12(2)16(10-11)17-13(3)24-19(21-17)20-15-8-6-14(7-9-15)18(22)23/h4-10H,1-3H3,(H,20,21)(H,22,23). The van der Waals surface area contributed by atoms with Gasteiger partial charge in [-0.3, -0.25) is 0 Å². The molecule has 0 aliphatic heterocycles. The zero-order valence-electron chi connectivity index (χ0n) is 13.8. The molecule has 0 spiro atoms. The van der Waals surface area contributed by atoms with Crippen LogP contribution >= 0.6 is 11.3 Å². The van der Waals surface area contributed by atoms with Gasteiger partial charge in [0.2, 0.25) is 0 Å². The molecule has 24 heavy (non-hydrogen) atoms. The second-order valence-electron chi connectivity index (χ2n) is 5.75. The van der Waals surface area contributed by atoms with E-state index in [0.29, 0.717) is 0 Å². The molecule has 0 saturated carbocycles. The summed E-state index contributed by atoms with van der Waals surface area (Å²) in [6.45, 7) is 6.23. The number of hydrogen-bond donors (Lipinski definition) is 2. The number of nitrogens with one attached hydrogen (secondary N) is 1. The smallest absolute Gasteiger partial charge is 0.335 e. The lowest BCUT2D eigenvalue weighted by Crippen LogP contribution is -1.96. The lowest BCUT2D eigenvalue weighted by Gasteiger charge is -2.05. The predicted molar refractivity (Wildman–Crippen MR) is 98.4 cm³/mol. The molecule has 2 N–H and O–H groups in total. The molecule has 1 aromatic heterocycles. The van der Waals surface area contributed by atoms with Crippen molar-refractivity contribution in [3.8, 4) is 11.3 Å². The number of benzene rings is 2. The van der Waals surface area contributed by atoms with Crippen LogP contribution in [0.2, 0.25) is 0 Å². The van der Waals surface area contributed by atoms with Gasteiger partial charge in [-0.25, -0.2) is 9.78 Å². The van der Waals surface area contributed by atoms with Gasteiger partial charge in [0.05, 0.1) is 11.3 Å². The van der Waals surface area contributed by atoms with E-state index < -0.39 is 5.97 Å². The van der Waals surface area contributed by atoms with Crippen LogP contribution in [0.4, 0.5) is 10.8 Å².